The molecule has 1 aromatic heterocycles. The molecule has 0 radical (unpaired) electrons. The first-order valence-electron chi connectivity index (χ1n) is 8.65. The van der Waals surface area contributed by atoms with Crippen molar-refractivity contribution in [3.05, 3.63) is 88.2 Å². The molecule has 0 saturated carbocycles. The maximum atomic E-state index is 13.0. The highest BCUT2D eigenvalue weighted by Gasteiger charge is 2.33. The summed E-state index contributed by atoms with van der Waals surface area (Å²) in [7, 11) is 0. The molecule has 0 aliphatic carbocycles. The molecule has 2 heterocycles. The zero-order valence-corrected chi connectivity index (χ0v) is 15.5. The van der Waals surface area contributed by atoms with Gasteiger partial charge in [-0.3, -0.25) is 9.78 Å². The predicted molar refractivity (Wildman–Crippen MR) is 104 cm³/mol. The summed E-state index contributed by atoms with van der Waals surface area (Å²) < 4.78 is 0. The van der Waals surface area contributed by atoms with Gasteiger partial charge in [-0.2, -0.15) is 0 Å². The van der Waals surface area contributed by atoms with Gasteiger partial charge < -0.3 is 4.90 Å². The highest BCUT2D eigenvalue weighted by molar-refractivity contribution is 6.30. The van der Waals surface area contributed by atoms with E-state index in [1.54, 1.807) is 6.20 Å². The number of hydrogen-bond acceptors (Lipinski definition) is 2. The van der Waals surface area contributed by atoms with Gasteiger partial charge in [-0.25, -0.2) is 0 Å². The van der Waals surface area contributed by atoms with Crippen LogP contribution in [0.3, 0.4) is 0 Å². The largest absolute Gasteiger partial charge is 0.328 e. The molecular weight excluding hydrogens is 344 g/mol. The van der Waals surface area contributed by atoms with Gasteiger partial charge in [0.25, 0.3) is 5.91 Å². The molecule has 3 aromatic rings. The molecule has 0 N–H and O–H groups in total. The van der Waals surface area contributed by atoms with E-state index in [2.05, 4.69) is 24.0 Å². The minimum Gasteiger partial charge on any atom is -0.328 e. The van der Waals surface area contributed by atoms with E-state index in [0.717, 1.165) is 33.4 Å². The molecule has 26 heavy (non-hydrogen) atoms. The van der Waals surface area contributed by atoms with E-state index in [-0.39, 0.29) is 11.9 Å². The number of carbonyl (C=O) groups is 1. The standard InChI is InChI=1S/C22H19ClN2O/c1-14-10-18(17-4-3-9-24-12-17)11-19-13-25(22(26)21(14)19)15(2)16-5-7-20(23)8-6-16/h3-12,15H,13H2,1-2H3/t15-/m1/s1. The van der Waals surface area contributed by atoms with Crippen molar-refractivity contribution in [2.45, 2.75) is 26.4 Å². The Morgan fingerprint density at radius 1 is 1.12 bits per heavy atom. The van der Waals surface area contributed by atoms with E-state index < -0.39 is 0 Å². The summed E-state index contributed by atoms with van der Waals surface area (Å²) >= 11 is 5.99. The third kappa shape index (κ3) is 2.89. The third-order valence-corrected chi connectivity index (χ3v) is 5.30. The van der Waals surface area contributed by atoms with E-state index in [9.17, 15) is 4.79 Å². The van der Waals surface area contributed by atoms with Gasteiger partial charge in [0.15, 0.2) is 0 Å². The lowest BCUT2D eigenvalue weighted by Crippen LogP contribution is -2.27. The topological polar surface area (TPSA) is 33.2 Å². The van der Waals surface area contributed by atoms with Gasteiger partial charge in [-0.1, -0.05) is 35.9 Å². The molecule has 2 aromatic carbocycles. The average Bonchev–Trinajstić information content (AvgIpc) is 2.99. The Morgan fingerprint density at radius 3 is 2.58 bits per heavy atom. The molecule has 0 saturated heterocycles. The van der Waals surface area contributed by atoms with Crippen molar-refractivity contribution in [1.82, 2.24) is 9.88 Å². The second-order valence-corrected chi connectivity index (χ2v) is 7.17. The Hall–Kier alpha value is -2.65. The van der Waals surface area contributed by atoms with Crippen LogP contribution in [-0.2, 0) is 6.54 Å². The molecular formula is C22H19ClN2O. The molecule has 0 fully saturated rings. The molecule has 3 nitrogen and oxygen atoms in total. The van der Waals surface area contributed by atoms with Crippen LogP contribution in [0.2, 0.25) is 5.02 Å². The summed E-state index contributed by atoms with van der Waals surface area (Å²) in [4.78, 5) is 19.2. The van der Waals surface area contributed by atoms with E-state index in [1.165, 1.54) is 0 Å². The van der Waals surface area contributed by atoms with Crippen molar-refractivity contribution in [2.24, 2.45) is 0 Å². The van der Waals surface area contributed by atoms with Crippen LogP contribution < -0.4 is 0 Å². The van der Waals surface area contributed by atoms with Gasteiger partial charge in [0.1, 0.15) is 0 Å². The van der Waals surface area contributed by atoms with Crippen molar-refractivity contribution in [1.29, 1.82) is 0 Å². The number of pyridine rings is 1. The average molecular weight is 363 g/mol. The predicted octanol–water partition coefficient (Wildman–Crippen LogP) is 5.43. The van der Waals surface area contributed by atoms with Gasteiger partial charge in [-0.05, 0) is 60.4 Å². The smallest absolute Gasteiger partial charge is 0.255 e. The summed E-state index contributed by atoms with van der Waals surface area (Å²) in [5.41, 5.74) is 6.17. The first-order valence-corrected chi connectivity index (χ1v) is 9.03. The number of aryl methyl sites for hydroxylation is 1. The van der Waals surface area contributed by atoms with Crippen molar-refractivity contribution in [3.63, 3.8) is 0 Å². The van der Waals surface area contributed by atoms with Crippen LogP contribution in [0.5, 0.6) is 0 Å². The van der Waals surface area contributed by atoms with Crippen molar-refractivity contribution >= 4 is 17.5 Å². The molecule has 4 rings (SSSR count). The molecule has 1 atom stereocenters. The monoisotopic (exact) mass is 362 g/mol. The van der Waals surface area contributed by atoms with Crippen LogP contribution in [0.15, 0.2) is 60.9 Å². The SMILES string of the molecule is Cc1cc(-c2cccnc2)cc2c1C(=O)N([C@H](C)c1ccc(Cl)cc1)C2. The summed E-state index contributed by atoms with van der Waals surface area (Å²) in [6, 6.07) is 15.9. The fourth-order valence-electron chi connectivity index (χ4n) is 3.62. The summed E-state index contributed by atoms with van der Waals surface area (Å²) in [5.74, 6) is 0.0951. The second-order valence-electron chi connectivity index (χ2n) is 6.73. The Labute approximate surface area is 158 Å². The lowest BCUT2D eigenvalue weighted by molar-refractivity contribution is 0.0715. The van der Waals surface area contributed by atoms with Gasteiger partial charge in [0, 0.05) is 35.1 Å². The van der Waals surface area contributed by atoms with Crippen LogP contribution >= 0.6 is 11.6 Å². The van der Waals surface area contributed by atoms with Crippen molar-refractivity contribution in [2.75, 3.05) is 0 Å². The van der Waals surface area contributed by atoms with Crippen LogP contribution in [0.25, 0.3) is 11.1 Å². The number of benzene rings is 2. The second kappa shape index (κ2) is 6.58. The lowest BCUT2D eigenvalue weighted by atomic mass is 9.97. The van der Waals surface area contributed by atoms with Crippen molar-refractivity contribution < 1.29 is 4.79 Å². The molecule has 1 aliphatic heterocycles. The summed E-state index contributed by atoms with van der Waals surface area (Å²) in [6.45, 7) is 4.68. The Bertz CT molecular complexity index is 967. The lowest BCUT2D eigenvalue weighted by Gasteiger charge is -2.24. The molecule has 0 spiro atoms. The van der Waals surface area contributed by atoms with Gasteiger partial charge in [0.2, 0.25) is 0 Å². The molecule has 0 bridgehead atoms. The minimum absolute atomic E-state index is 0.00610. The molecule has 1 aliphatic rings. The van der Waals surface area contributed by atoms with Gasteiger partial charge in [-0.15, -0.1) is 0 Å². The van der Waals surface area contributed by atoms with Gasteiger partial charge >= 0.3 is 0 Å². The maximum absolute atomic E-state index is 13.0. The number of fused-ring (bicyclic) bond motifs is 1. The highest BCUT2D eigenvalue weighted by atomic mass is 35.5. The minimum atomic E-state index is -0.00610. The molecule has 1 amide bonds. The quantitative estimate of drug-likeness (QED) is 0.622. The molecule has 4 heteroatoms. The van der Waals surface area contributed by atoms with E-state index in [1.807, 2.05) is 54.4 Å². The number of aromatic nitrogens is 1. The zero-order valence-electron chi connectivity index (χ0n) is 14.7. The first kappa shape index (κ1) is 16.8. The fourth-order valence-corrected chi connectivity index (χ4v) is 3.75. The number of amides is 1. The van der Waals surface area contributed by atoms with E-state index in [0.29, 0.717) is 11.6 Å². The van der Waals surface area contributed by atoms with Crippen LogP contribution in [-0.4, -0.2) is 15.8 Å². The number of rotatable bonds is 3. The Morgan fingerprint density at radius 2 is 1.88 bits per heavy atom. The maximum Gasteiger partial charge on any atom is 0.255 e. The van der Waals surface area contributed by atoms with Crippen LogP contribution in [0, 0.1) is 6.92 Å². The number of nitrogens with zero attached hydrogens (tertiary/aromatic N) is 2. The zero-order chi connectivity index (χ0) is 18.3. The number of hydrogen-bond donors (Lipinski definition) is 0. The first-order chi connectivity index (χ1) is 12.5. The van der Waals surface area contributed by atoms with E-state index in [4.69, 9.17) is 11.6 Å². The Kier molecular flexibility index (Phi) is 4.25. The van der Waals surface area contributed by atoms with Crippen molar-refractivity contribution in [3.8, 4) is 11.1 Å². The van der Waals surface area contributed by atoms with Crippen LogP contribution in [0.1, 0.15) is 40.0 Å². The molecule has 0 unspecified atom stereocenters. The molecule has 130 valence electrons. The van der Waals surface area contributed by atoms with E-state index >= 15 is 0 Å². The fraction of sp³-hybridized carbons (Fsp3) is 0.182. The third-order valence-electron chi connectivity index (χ3n) is 5.05. The summed E-state index contributed by atoms with van der Waals surface area (Å²) in [5, 5.41) is 0.703. The summed E-state index contributed by atoms with van der Waals surface area (Å²) in [6.07, 6.45) is 3.62. The van der Waals surface area contributed by atoms with Gasteiger partial charge in [0.05, 0.1) is 6.04 Å². The van der Waals surface area contributed by atoms with Crippen LogP contribution in [0.4, 0.5) is 0 Å². The normalized spacial score (nSPS) is 14.4. The highest BCUT2D eigenvalue weighted by Crippen LogP contribution is 2.35. The number of carbonyl (C=O) groups excluding carboxylic acids is 1. The Balaban J connectivity index is 1.69. The number of halogens is 1.